The van der Waals surface area contributed by atoms with Gasteiger partial charge in [-0.2, -0.15) is 0 Å². The molecule has 1 amide bonds. The number of para-hydroxylation sites is 1. The Labute approximate surface area is 179 Å². The molecule has 6 heteroatoms. The highest BCUT2D eigenvalue weighted by molar-refractivity contribution is 7.18. The van der Waals surface area contributed by atoms with Crippen molar-refractivity contribution < 1.29 is 9.53 Å². The van der Waals surface area contributed by atoms with Crippen molar-refractivity contribution in [3.63, 3.8) is 0 Å². The number of ether oxygens (including phenoxy) is 1. The highest BCUT2D eigenvalue weighted by Gasteiger charge is 2.11. The van der Waals surface area contributed by atoms with E-state index in [-0.39, 0.29) is 5.91 Å². The predicted octanol–water partition coefficient (Wildman–Crippen LogP) is 4.95. The molecule has 1 aromatic heterocycles. The average Bonchev–Trinajstić information content (AvgIpc) is 3.16. The van der Waals surface area contributed by atoms with Gasteiger partial charge in [-0.05, 0) is 49.0 Å². The summed E-state index contributed by atoms with van der Waals surface area (Å²) in [6, 6.07) is 25.5. The Morgan fingerprint density at radius 3 is 2.50 bits per heavy atom. The van der Waals surface area contributed by atoms with Crippen molar-refractivity contribution in [2.24, 2.45) is 0 Å². The van der Waals surface area contributed by atoms with Crippen molar-refractivity contribution in [3.05, 3.63) is 89.4 Å². The third-order valence-electron chi connectivity index (χ3n) is 4.54. The fourth-order valence-electron chi connectivity index (χ4n) is 3.10. The number of aromatic nitrogens is 1. The second kappa shape index (κ2) is 9.52. The number of anilines is 1. The number of thiazole rings is 1. The fraction of sp³-hybridized carbons (Fsp3) is 0.167. The standard InChI is InChI=1S/C24H23N3O2S/c1-27(16-24-26-21-9-5-6-10-22(21)30-24)15-23(28)25-19-11-13-20(14-12-19)29-17-18-7-3-2-4-8-18/h2-14H,15-17H2,1H3,(H,25,28). The van der Waals surface area contributed by atoms with Gasteiger partial charge in [-0.25, -0.2) is 4.98 Å². The van der Waals surface area contributed by atoms with Gasteiger partial charge >= 0.3 is 0 Å². The third kappa shape index (κ3) is 5.43. The molecule has 152 valence electrons. The normalized spacial score (nSPS) is 11.0. The van der Waals surface area contributed by atoms with E-state index in [9.17, 15) is 4.79 Å². The Balaban J connectivity index is 1.25. The van der Waals surface area contributed by atoms with Crippen molar-refractivity contribution in [1.82, 2.24) is 9.88 Å². The van der Waals surface area contributed by atoms with Gasteiger partial charge in [0.15, 0.2) is 0 Å². The second-order valence-electron chi connectivity index (χ2n) is 7.09. The number of carbonyl (C=O) groups excluding carboxylic acids is 1. The van der Waals surface area contributed by atoms with Crippen molar-refractivity contribution in [2.45, 2.75) is 13.2 Å². The zero-order valence-electron chi connectivity index (χ0n) is 16.7. The van der Waals surface area contributed by atoms with E-state index in [4.69, 9.17) is 4.74 Å². The number of carbonyl (C=O) groups is 1. The molecular formula is C24H23N3O2S. The van der Waals surface area contributed by atoms with Crippen LogP contribution in [-0.4, -0.2) is 29.4 Å². The maximum atomic E-state index is 12.4. The van der Waals surface area contributed by atoms with Crippen LogP contribution in [0.2, 0.25) is 0 Å². The topological polar surface area (TPSA) is 54.5 Å². The summed E-state index contributed by atoms with van der Waals surface area (Å²) in [6.45, 7) is 1.45. The largest absolute Gasteiger partial charge is 0.489 e. The first kappa shape index (κ1) is 20.1. The maximum absolute atomic E-state index is 12.4. The summed E-state index contributed by atoms with van der Waals surface area (Å²) in [6.07, 6.45) is 0. The maximum Gasteiger partial charge on any atom is 0.238 e. The number of nitrogens with zero attached hydrogens (tertiary/aromatic N) is 2. The Morgan fingerprint density at radius 2 is 1.73 bits per heavy atom. The number of fused-ring (bicyclic) bond motifs is 1. The molecule has 0 unspecified atom stereocenters. The van der Waals surface area contributed by atoms with Gasteiger partial charge in [0.2, 0.25) is 5.91 Å². The summed E-state index contributed by atoms with van der Waals surface area (Å²) < 4.78 is 6.95. The van der Waals surface area contributed by atoms with Crippen LogP contribution >= 0.6 is 11.3 Å². The van der Waals surface area contributed by atoms with E-state index in [0.717, 1.165) is 27.5 Å². The van der Waals surface area contributed by atoms with E-state index in [1.54, 1.807) is 11.3 Å². The molecule has 0 aliphatic carbocycles. The van der Waals surface area contributed by atoms with Gasteiger partial charge in [-0.1, -0.05) is 42.5 Å². The summed E-state index contributed by atoms with van der Waals surface area (Å²) in [4.78, 5) is 19.0. The molecule has 0 aliphatic rings. The van der Waals surface area contributed by atoms with Crippen molar-refractivity contribution in [1.29, 1.82) is 0 Å². The van der Waals surface area contributed by atoms with Crippen LogP contribution in [0.25, 0.3) is 10.2 Å². The number of amides is 1. The molecule has 0 aliphatic heterocycles. The molecule has 4 rings (SSSR count). The molecule has 0 atom stereocenters. The van der Waals surface area contributed by atoms with Crippen LogP contribution in [0.15, 0.2) is 78.9 Å². The molecule has 0 radical (unpaired) electrons. The smallest absolute Gasteiger partial charge is 0.238 e. The monoisotopic (exact) mass is 417 g/mol. The Bertz CT molecular complexity index is 1080. The van der Waals surface area contributed by atoms with Gasteiger partial charge in [0.25, 0.3) is 0 Å². The molecule has 0 spiro atoms. The lowest BCUT2D eigenvalue weighted by atomic mass is 10.2. The van der Waals surface area contributed by atoms with Crippen LogP contribution in [0.3, 0.4) is 0 Å². The number of nitrogens with one attached hydrogen (secondary N) is 1. The van der Waals surface area contributed by atoms with E-state index >= 15 is 0 Å². The lowest BCUT2D eigenvalue weighted by Crippen LogP contribution is -2.29. The molecule has 1 heterocycles. The van der Waals surface area contributed by atoms with E-state index in [2.05, 4.69) is 16.4 Å². The number of hydrogen-bond acceptors (Lipinski definition) is 5. The van der Waals surface area contributed by atoms with Gasteiger partial charge in [0, 0.05) is 5.69 Å². The highest BCUT2D eigenvalue weighted by Crippen LogP contribution is 2.22. The van der Waals surface area contributed by atoms with Crippen LogP contribution in [0.5, 0.6) is 5.75 Å². The molecule has 30 heavy (non-hydrogen) atoms. The Morgan fingerprint density at radius 1 is 1.00 bits per heavy atom. The van der Waals surface area contributed by atoms with Crippen molar-refractivity contribution >= 4 is 33.1 Å². The van der Waals surface area contributed by atoms with Crippen LogP contribution in [0, 0.1) is 0 Å². The van der Waals surface area contributed by atoms with Gasteiger partial charge in [0.05, 0.1) is 23.3 Å². The van der Waals surface area contributed by atoms with E-state index in [0.29, 0.717) is 19.7 Å². The SMILES string of the molecule is CN(CC(=O)Nc1ccc(OCc2ccccc2)cc1)Cc1nc2ccccc2s1. The Hall–Kier alpha value is -3.22. The minimum atomic E-state index is -0.0587. The molecular weight excluding hydrogens is 394 g/mol. The van der Waals surface area contributed by atoms with Crippen LogP contribution in [-0.2, 0) is 17.9 Å². The fourth-order valence-corrected chi connectivity index (χ4v) is 4.14. The minimum Gasteiger partial charge on any atom is -0.489 e. The van der Waals surface area contributed by atoms with Crippen LogP contribution < -0.4 is 10.1 Å². The van der Waals surface area contributed by atoms with Gasteiger partial charge in [-0.3, -0.25) is 9.69 Å². The minimum absolute atomic E-state index is 0.0587. The third-order valence-corrected chi connectivity index (χ3v) is 5.56. The predicted molar refractivity (Wildman–Crippen MR) is 122 cm³/mol. The average molecular weight is 418 g/mol. The molecule has 0 fully saturated rings. The first-order valence-corrected chi connectivity index (χ1v) is 10.6. The summed E-state index contributed by atoms with van der Waals surface area (Å²) >= 11 is 1.66. The van der Waals surface area contributed by atoms with E-state index < -0.39 is 0 Å². The first-order chi connectivity index (χ1) is 14.7. The van der Waals surface area contributed by atoms with E-state index in [1.165, 1.54) is 4.70 Å². The number of benzene rings is 3. The summed E-state index contributed by atoms with van der Waals surface area (Å²) in [7, 11) is 1.92. The summed E-state index contributed by atoms with van der Waals surface area (Å²) in [5, 5.41) is 3.94. The number of hydrogen-bond donors (Lipinski definition) is 1. The molecule has 0 saturated carbocycles. The van der Waals surface area contributed by atoms with Crippen LogP contribution in [0.1, 0.15) is 10.6 Å². The zero-order chi connectivity index (χ0) is 20.8. The zero-order valence-corrected chi connectivity index (χ0v) is 17.6. The molecule has 5 nitrogen and oxygen atoms in total. The summed E-state index contributed by atoms with van der Waals surface area (Å²) in [5.41, 5.74) is 2.87. The van der Waals surface area contributed by atoms with Gasteiger partial charge in [0.1, 0.15) is 17.4 Å². The number of rotatable bonds is 8. The molecule has 0 bridgehead atoms. The Kier molecular flexibility index (Phi) is 6.37. The second-order valence-corrected chi connectivity index (χ2v) is 8.21. The molecule has 0 saturated heterocycles. The molecule has 4 aromatic rings. The first-order valence-electron chi connectivity index (χ1n) is 9.75. The van der Waals surface area contributed by atoms with Crippen molar-refractivity contribution in [2.75, 3.05) is 18.9 Å². The van der Waals surface area contributed by atoms with Crippen LogP contribution in [0.4, 0.5) is 5.69 Å². The molecule has 3 aromatic carbocycles. The van der Waals surface area contributed by atoms with E-state index in [1.807, 2.05) is 84.7 Å². The van der Waals surface area contributed by atoms with Gasteiger partial charge in [-0.15, -0.1) is 11.3 Å². The quantitative estimate of drug-likeness (QED) is 0.441. The highest BCUT2D eigenvalue weighted by atomic mass is 32.1. The van der Waals surface area contributed by atoms with Gasteiger partial charge < -0.3 is 10.1 Å². The number of likely N-dealkylation sites (N-methyl/N-ethyl adjacent to an activating group) is 1. The lowest BCUT2D eigenvalue weighted by molar-refractivity contribution is -0.117. The van der Waals surface area contributed by atoms with Crippen molar-refractivity contribution in [3.8, 4) is 5.75 Å². The molecule has 1 N–H and O–H groups in total. The lowest BCUT2D eigenvalue weighted by Gasteiger charge is -2.15. The summed E-state index contributed by atoms with van der Waals surface area (Å²) in [5.74, 6) is 0.710.